The van der Waals surface area contributed by atoms with Crippen LogP contribution in [0.3, 0.4) is 0 Å². The number of carbonyl (C=O) groups is 1. The van der Waals surface area contributed by atoms with Crippen LogP contribution in [0.4, 0.5) is 14.5 Å². The largest absolute Gasteiger partial charge is 0.449 e. The lowest BCUT2D eigenvalue weighted by molar-refractivity contribution is 0.0997. The van der Waals surface area contributed by atoms with Gasteiger partial charge in [-0.25, -0.2) is 13.8 Å². The van der Waals surface area contributed by atoms with Crippen molar-refractivity contribution in [1.82, 2.24) is 9.55 Å². The van der Waals surface area contributed by atoms with Crippen molar-refractivity contribution >= 4 is 11.6 Å². The van der Waals surface area contributed by atoms with Gasteiger partial charge in [0.2, 0.25) is 0 Å². The van der Waals surface area contributed by atoms with Crippen molar-refractivity contribution in [3.05, 3.63) is 84.4 Å². The number of nitrogens with one attached hydrogen (secondary N) is 1. The molecule has 32 heavy (non-hydrogen) atoms. The molecule has 2 aromatic heterocycles. The summed E-state index contributed by atoms with van der Waals surface area (Å²) in [6.07, 6.45) is 1.67. The molecule has 164 valence electrons. The molecule has 1 unspecified atom stereocenters. The lowest BCUT2D eigenvalue weighted by atomic mass is 10.1. The number of imidazole rings is 1. The van der Waals surface area contributed by atoms with Gasteiger partial charge in [-0.3, -0.25) is 4.79 Å². The van der Waals surface area contributed by atoms with Crippen LogP contribution < -0.4 is 11.1 Å². The first-order valence-electron chi connectivity index (χ1n) is 10.1. The number of rotatable bonds is 7. The van der Waals surface area contributed by atoms with Crippen LogP contribution in [-0.2, 0) is 6.54 Å². The average Bonchev–Trinajstić information content (AvgIpc) is 3.43. The van der Waals surface area contributed by atoms with Crippen LogP contribution in [0.2, 0.25) is 0 Å². The summed E-state index contributed by atoms with van der Waals surface area (Å²) in [7, 11) is 0. The Kier molecular flexibility index (Phi) is 6.13. The summed E-state index contributed by atoms with van der Waals surface area (Å²) in [5, 5.41) is 2.51. The van der Waals surface area contributed by atoms with E-state index in [1.54, 1.807) is 30.6 Å². The van der Waals surface area contributed by atoms with E-state index in [0.717, 1.165) is 0 Å². The number of aromatic nitrogens is 2. The zero-order valence-electron chi connectivity index (χ0n) is 17.4. The number of carbonyl (C=O) groups excluding carboxylic acids is 1. The third-order valence-corrected chi connectivity index (χ3v) is 5.05. The first kappa shape index (κ1) is 21.5. The van der Waals surface area contributed by atoms with Crippen molar-refractivity contribution in [2.45, 2.75) is 13.5 Å². The van der Waals surface area contributed by atoms with Gasteiger partial charge in [-0.05, 0) is 61.0 Å². The van der Waals surface area contributed by atoms with Crippen molar-refractivity contribution in [1.29, 1.82) is 0 Å². The minimum Gasteiger partial charge on any atom is -0.449 e. The van der Waals surface area contributed by atoms with Crippen LogP contribution in [0.5, 0.6) is 0 Å². The second-order valence-electron chi connectivity index (χ2n) is 7.54. The van der Waals surface area contributed by atoms with Crippen molar-refractivity contribution in [2.75, 3.05) is 11.9 Å². The molecule has 0 saturated heterocycles. The van der Waals surface area contributed by atoms with Crippen LogP contribution in [0.25, 0.3) is 22.7 Å². The highest BCUT2D eigenvalue weighted by Gasteiger charge is 2.21. The topological polar surface area (TPSA) is 86.1 Å². The molecule has 0 spiro atoms. The molecule has 0 bridgehead atoms. The Morgan fingerprint density at radius 3 is 2.59 bits per heavy atom. The summed E-state index contributed by atoms with van der Waals surface area (Å²) in [5.41, 5.74) is 7.78. The van der Waals surface area contributed by atoms with E-state index in [9.17, 15) is 13.6 Å². The molecular formula is C24H22F2N4O2. The van der Waals surface area contributed by atoms with Crippen molar-refractivity contribution in [3.63, 3.8) is 0 Å². The third kappa shape index (κ3) is 4.45. The van der Waals surface area contributed by atoms with Crippen LogP contribution in [-0.4, -0.2) is 22.0 Å². The number of hydrogen-bond donors (Lipinski definition) is 2. The summed E-state index contributed by atoms with van der Waals surface area (Å²) < 4.78 is 35.0. The van der Waals surface area contributed by atoms with E-state index < -0.39 is 11.7 Å². The number of furan rings is 1. The Bertz CT molecular complexity index is 1230. The number of amides is 1. The Hall–Kier alpha value is -3.78. The first-order chi connectivity index (χ1) is 15.5. The van der Waals surface area contributed by atoms with Gasteiger partial charge in [-0.2, -0.15) is 0 Å². The van der Waals surface area contributed by atoms with Crippen LogP contribution in [0, 0.1) is 17.6 Å². The van der Waals surface area contributed by atoms with Gasteiger partial charge in [0.25, 0.3) is 5.91 Å². The van der Waals surface area contributed by atoms with Gasteiger partial charge in [0.1, 0.15) is 17.3 Å². The normalized spacial score (nSPS) is 12.0. The molecule has 6 nitrogen and oxygen atoms in total. The van der Waals surface area contributed by atoms with E-state index in [4.69, 9.17) is 10.2 Å². The molecule has 1 atom stereocenters. The van der Waals surface area contributed by atoms with Gasteiger partial charge < -0.3 is 20.0 Å². The summed E-state index contributed by atoms with van der Waals surface area (Å²) in [5.74, 6) is -0.872. The zero-order chi connectivity index (χ0) is 22.7. The number of nitrogens with zero attached hydrogens (tertiary/aromatic N) is 2. The molecule has 2 heterocycles. The van der Waals surface area contributed by atoms with E-state index in [-0.39, 0.29) is 23.2 Å². The van der Waals surface area contributed by atoms with Gasteiger partial charge in [0.15, 0.2) is 11.5 Å². The number of hydrogen-bond acceptors (Lipinski definition) is 4. The molecule has 4 aromatic rings. The standard InChI is InChI=1S/C24H22F2N4O2/c1-15(12-27)13-30-14-28-22(16-6-8-17(25)9-7-16)23(30)20-10-11-21(32-20)24(31)29-19-5-3-2-4-18(19)26/h2-11,14-15H,12-13,27H2,1H3,(H,29,31). The van der Waals surface area contributed by atoms with Crippen molar-refractivity contribution in [3.8, 4) is 22.7 Å². The van der Waals surface area contributed by atoms with Gasteiger partial charge >= 0.3 is 0 Å². The predicted octanol–water partition coefficient (Wildman–Crippen LogP) is 4.94. The van der Waals surface area contributed by atoms with E-state index in [2.05, 4.69) is 10.3 Å². The fourth-order valence-electron chi connectivity index (χ4n) is 3.34. The quantitative estimate of drug-likeness (QED) is 0.430. The maximum Gasteiger partial charge on any atom is 0.291 e. The molecule has 0 aliphatic heterocycles. The highest BCUT2D eigenvalue weighted by Crippen LogP contribution is 2.33. The lowest BCUT2D eigenvalue weighted by Gasteiger charge is -2.12. The van der Waals surface area contributed by atoms with Crippen LogP contribution in [0.15, 0.2) is 71.4 Å². The maximum atomic E-state index is 13.9. The predicted molar refractivity (Wildman–Crippen MR) is 118 cm³/mol. The summed E-state index contributed by atoms with van der Waals surface area (Å²) in [4.78, 5) is 17.1. The summed E-state index contributed by atoms with van der Waals surface area (Å²) >= 11 is 0. The fourth-order valence-corrected chi connectivity index (χ4v) is 3.34. The van der Waals surface area contributed by atoms with E-state index >= 15 is 0 Å². The van der Waals surface area contributed by atoms with Gasteiger partial charge in [-0.1, -0.05) is 19.1 Å². The van der Waals surface area contributed by atoms with Crippen LogP contribution >= 0.6 is 0 Å². The molecule has 0 aliphatic carbocycles. The summed E-state index contributed by atoms with van der Waals surface area (Å²) in [6.45, 7) is 3.08. The Morgan fingerprint density at radius 1 is 1.12 bits per heavy atom. The average molecular weight is 436 g/mol. The summed E-state index contributed by atoms with van der Waals surface area (Å²) in [6, 6.07) is 15.0. The number of benzene rings is 2. The minimum absolute atomic E-state index is 0.0212. The highest BCUT2D eigenvalue weighted by molar-refractivity contribution is 6.02. The van der Waals surface area contributed by atoms with Crippen molar-refractivity contribution < 1.29 is 18.0 Å². The van der Waals surface area contributed by atoms with Gasteiger partial charge in [0.05, 0.1) is 17.7 Å². The zero-order valence-corrected chi connectivity index (χ0v) is 17.4. The van der Waals surface area contributed by atoms with Crippen LogP contribution in [0.1, 0.15) is 17.5 Å². The molecule has 0 saturated carbocycles. The lowest BCUT2D eigenvalue weighted by Crippen LogP contribution is -2.17. The SMILES string of the molecule is CC(CN)Cn1cnc(-c2ccc(F)cc2)c1-c1ccc(C(=O)Nc2ccccc2F)o1. The minimum atomic E-state index is -0.578. The fraction of sp³-hybridized carbons (Fsp3) is 0.167. The molecular weight excluding hydrogens is 414 g/mol. The molecule has 0 fully saturated rings. The van der Waals surface area contributed by atoms with Gasteiger partial charge in [-0.15, -0.1) is 0 Å². The highest BCUT2D eigenvalue weighted by atomic mass is 19.1. The maximum absolute atomic E-state index is 13.9. The van der Waals surface area contributed by atoms with E-state index in [1.165, 1.54) is 36.4 Å². The molecule has 1 amide bonds. The second kappa shape index (κ2) is 9.15. The van der Waals surface area contributed by atoms with E-state index in [0.29, 0.717) is 35.8 Å². The number of halogens is 2. The Morgan fingerprint density at radius 2 is 1.88 bits per heavy atom. The van der Waals surface area contributed by atoms with E-state index in [1.807, 2.05) is 11.5 Å². The van der Waals surface area contributed by atoms with Crippen molar-refractivity contribution in [2.24, 2.45) is 11.7 Å². The molecule has 2 aromatic carbocycles. The number of para-hydroxylation sites is 1. The molecule has 4 rings (SSSR count). The Balaban J connectivity index is 1.70. The molecule has 3 N–H and O–H groups in total. The number of anilines is 1. The Labute approximate surface area is 183 Å². The second-order valence-corrected chi connectivity index (χ2v) is 7.54. The first-order valence-corrected chi connectivity index (χ1v) is 10.1. The molecule has 0 aliphatic rings. The number of nitrogens with two attached hydrogens (primary N) is 1. The monoisotopic (exact) mass is 436 g/mol. The third-order valence-electron chi connectivity index (χ3n) is 5.05. The smallest absolute Gasteiger partial charge is 0.291 e. The van der Waals surface area contributed by atoms with Gasteiger partial charge in [0, 0.05) is 12.1 Å². The molecule has 0 radical (unpaired) electrons. The molecule has 8 heteroatoms.